The molecule has 29 heavy (non-hydrogen) atoms. The lowest BCUT2D eigenvalue weighted by molar-refractivity contribution is 0.306. The molecule has 154 valence electrons. The van der Waals surface area contributed by atoms with Crippen molar-refractivity contribution in [3.63, 3.8) is 0 Å². The summed E-state index contributed by atoms with van der Waals surface area (Å²) in [4.78, 5) is 13.2. The van der Waals surface area contributed by atoms with E-state index < -0.39 is 5.76 Å². The summed E-state index contributed by atoms with van der Waals surface area (Å²) in [5.74, 6) is 0.549. The summed E-state index contributed by atoms with van der Waals surface area (Å²) < 4.78 is 10.7. The van der Waals surface area contributed by atoms with Crippen LogP contribution in [0.1, 0.15) is 55.4 Å². The normalized spacial score (nSPS) is 10.9. The minimum absolute atomic E-state index is 0.133. The van der Waals surface area contributed by atoms with Crippen LogP contribution in [0.15, 0.2) is 63.8 Å². The van der Waals surface area contributed by atoms with Crippen molar-refractivity contribution < 1.29 is 14.3 Å². The van der Waals surface area contributed by atoms with E-state index in [9.17, 15) is 9.90 Å². The molecule has 0 bridgehead atoms. The number of aromatic amines is 1. The zero-order valence-corrected chi connectivity index (χ0v) is 16.7. The predicted molar refractivity (Wildman–Crippen MR) is 113 cm³/mol. The lowest BCUT2D eigenvalue weighted by Crippen LogP contribution is -1.95. The van der Waals surface area contributed by atoms with E-state index in [0.29, 0.717) is 18.8 Å². The number of nitrogens with one attached hydrogen (secondary N) is 1. The van der Waals surface area contributed by atoms with E-state index in [1.165, 1.54) is 30.4 Å². The zero-order chi connectivity index (χ0) is 20.3. The van der Waals surface area contributed by atoms with Crippen LogP contribution in [0.25, 0.3) is 0 Å². The number of benzene rings is 2. The first-order valence-corrected chi connectivity index (χ1v) is 10.4. The fraction of sp³-hybridized carbons (Fsp3) is 0.375. The number of oxazole rings is 1. The molecule has 0 aliphatic carbocycles. The van der Waals surface area contributed by atoms with Crippen LogP contribution in [0.3, 0.4) is 0 Å². The molecular weight excluding hydrogens is 366 g/mol. The molecule has 3 aromatic rings. The Bertz CT molecular complexity index is 897. The third-order valence-corrected chi connectivity index (χ3v) is 4.99. The number of ether oxygens (including phenoxy) is 1. The number of aromatic nitrogens is 1. The Hall–Kier alpha value is -2.95. The van der Waals surface area contributed by atoms with E-state index in [1.54, 1.807) is 0 Å². The van der Waals surface area contributed by atoms with E-state index in [4.69, 9.17) is 9.15 Å². The number of aryl methyl sites for hydroxylation is 2. The van der Waals surface area contributed by atoms with Gasteiger partial charge in [-0.05, 0) is 42.5 Å². The number of rotatable bonds is 12. The summed E-state index contributed by atoms with van der Waals surface area (Å²) in [7, 11) is 0. The Kier molecular flexibility index (Phi) is 7.99. The third-order valence-electron chi connectivity index (χ3n) is 4.99. The number of hydrogen-bond acceptors (Lipinski definition) is 4. The van der Waals surface area contributed by atoms with Gasteiger partial charge in [0.15, 0.2) is 5.76 Å². The van der Waals surface area contributed by atoms with E-state index in [2.05, 4.69) is 29.2 Å². The summed E-state index contributed by atoms with van der Waals surface area (Å²) in [5.41, 5.74) is 2.51. The summed E-state index contributed by atoms with van der Waals surface area (Å²) in [6.45, 7) is 0.593. The smallest absolute Gasteiger partial charge is 0.419 e. The maximum atomic E-state index is 11.0. The van der Waals surface area contributed by atoms with Crippen molar-refractivity contribution in [2.75, 3.05) is 0 Å². The van der Waals surface area contributed by atoms with Crippen molar-refractivity contribution in [2.24, 2.45) is 0 Å². The Morgan fingerprint density at radius 3 is 2.10 bits per heavy atom. The fourth-order valence-corrected chi connectivity index (χ4v) is 3.34. The number of aromatic hydroxyl groups is 1. The quantitative estimate of drug-likeness (QED) is 0.404. The van der Waals surface area contributed by atoms with Gasteiger partial charge in [0.2, 0.25) is 5.88 Å². The number of hydrogen-bond donors (Lipinski definition) is 2. The monoisotopic (exact) mass is 395 g/mol. The highest BCUT2D eigenvalue weighted by molar-refractivity contribution is 5.28. The van der Waals surface area contributed by atoms with Gasteiger partial charge in [-0.1, -0.05) is 68.1 Å². The molecule has 0 aliphatic rings. The molecule has 0 saturated carbocycles. The molecule has 2 aromatic carbocycles. The fourth-order valence-electron chi connectivity index (χ4n) is 3.34. The maximum absolute atomic E-state index is 11.0. The highest BCUT2D eigenvalue weighted by Crippen LogP contribution is 2.18. The zero-order valence-electron chi connectivity index (χ0n) is 16.7. The van der Waals surface area contributed by atoms with Gasteiger partial charge < -0.3 is 14.3 Å². The van der Waals surface area contributed by atoms with Crippen LogP contribution in [0.5, 0.6) is 11.6 Å². The van der Waals surface area contributed by atoms with Gasteiger partial charge in [0.25, 0.3) is 0 Å². The Morgan fingerprint density at radius 1 is 0.793 bits per heavy atom. The molecule has 3 rings (SSSR count). The third kappa shape index (κ3) is 7.18. The molecule has 0 fully saturated rings. The molecule has 0 aliphatic heterocycles. The van der Waals surface area contributed by atoms with Crippen molar-refractivity contribution in [2.45, 2.75) is 58.0 Å². The second-order valence-electron chi connectivity index (χ2n) is 7.33. The molecule has 0 radical (unpaired) electrons. The van der Waals surface area contributed by atoms with Crippen molar-refractivity contribution in [3.8, 4) is 11.6 Å². The average Bonchev–Trinajstić information content (AvgIpc) is 3.07. The molecular formula is C24H29NO4. The molecule has 0 saturated heterocycles. The van der Waals surface area contributed by atoms with Gasteiger partial charge in [-0.2, -0.15) is 0 Å². The highest BCUT2D eigenvalue weighted by Gasteiger charge is 2.07. The van der Waals surface area contributed by atoms with Crippen molar-refractivity contribution in [1.29, 1.82) is 0 Å². The first-order valence-electron chi connectivity index (χ1n) is 10.4. The molecule has 1 aromatic heterocycles. The van der Waals surface area contributed by atoms with Crippen LogP contribution in [-0.4, -0.2) is 10.1 Å². The van der Waals surface area contributed by atoms with Gasteiger partial charge in [0.05, 0.1) is 0 Å². The summed E-state index contributed by atoms with van der Waals surface area (Å²) in [6.07, 6.45) is 8.41. The summed E-state index contributed by atoms with van der Waals surface area (Å²) in [5, 5.41) is 9.45. The van der Waals surface area contributed by atoms with Crippen molar-refractivity contribution >= 4 is 0 Å². The molecule has 0 atom stereocenters. The second-order valence-corrected chi connectivity index (χ2v) is 7.33. The van der Waals surface area contributed by atoms with Crippen LogP contribution in [0.2, 0.25) is 0 Å². The van der Waals surface area contributed by atoms with E-state index in [0.717, 1.165) is 31.4 Å². The van der Waals surface area contributed by atoms with Gasteiger partial charge >= 0.3 is 5.76 Å². The molecule has 5 nitrogen and oxygen atoms in total. The standard InChI is InChI=1S/C24H29NO4/c26-23-22(29-24(27)25-23)13-9-4-2-1-3-6-10-19-14-16-21(17-15-19)28-18-20-11-7-5-8-12-20/h5,7-8,11-12,14-17,26H,1-4,6,9-10,13,18H2,(H,25,27). The van der Waals surface area contributed by atoms with Gasteiger partial charge in [-0.15, -0.1) is 0 Å². The maximum Gasteiger partial charge on any atom is 0.419 e. The van der Waals surface area contributed by atoms with E-state index >= 15 is 0 Å². The van der Waals surface area contributed by atoms with Crippen LogP contribution >= 0.6 is 0 Å². The van der Waals surface area contributed by atoms with E-state index in [1.807, 2.05) is 30.3 Å². The predicted octanol–water partition coefficient (Wildman–Crippen LogP) is 5.38. The molecule has 5 heteroatoms. The van der Waals surface area contributed by atoms with Crippen molar-refractivity contribution in [3.05, 3.63) is 82.0 Å². The van der Waals surface area contributed by atoms with Gasteiger partial charge in [0, 0.05) is 6.42 Å². The minimum atomic E-state index is -0.590. The molecule has 0 spiro atoms. The molecule has 1 heterocycles. The van der Waals surface area contributed by atoms with E-state index in [-0.39, 0.29) is 5.88 Å². The van der Waals surface area contributed by atoms with Gasteiger partial charge in [0.1, 0.15) is 12.4 Å². The summed E-state index contributed by atoms with van der Waals surface area (Å²) in [6, 6.07) is 18.6. The Labute approximate surface area is 171 Å². The first kappa shape index (κ1) is 20.8. The molecule has 0 unspecified atom stereocenters. The average molecular weight is 395 g/mol. The number of H-pyrrole nitrogens is 1. The van der Waals surface area contributed by atoms with Gasteiger partial charge in [-0.3, -0.25) is 4.98 Å². The second kappa shape index (κ2) is 11.1. The highest BCUT2D eigenvalue weighted by atomic mass is 16.5. The van der Waals surface area contributed by atoms with Crippen LogP contribution < -0.4 is 10.5 Å². The SMILES string of the molecule is O=c1[nH]c(O)c(CCCCCCCCc2ccc(OCc3ccccc3)cc2)o1. The lowest BCUT2D eigenvalue weighted by Gasteiger charge is -2.07. The first-order chi connectivity index (χ1) is 14.2. The minimum Gasteiger partial charge on any atom is -0.492 e. The summed E-state index contributed by atoms with van der Waals surface area (Å²) >= 11 is 0. The van der Waals surface area contributed by atoms with Crippen LogP contribution in [0, 0.1) is 0 Å². The largest absolute Gasteiger partial charge is 0.492 e. The topological polar surface area (TPSA) is 75.5 Å². The molecule has 0 amide bonds. The Morgan fingerprint density at radius 2 is 1.45 bits per heavy atom. The number of unbranched alkanes of at least 4 members (excludes halogenated alkanes) is 5. The van der Waals surface area contributed by atoms with Gasteiger partial charge in [-0.25, -0.2) is 4.79 Å². The van der Waals surface area contributed by atoms with Crippen LogP contribution in [-0.2, 0) is 19.4 Å². The Balaban J connectivity index is 1.24. The van der Waals surface area contributed by atoms with Crippen molar-refractivity contribution in [1.82, 2.24) is 4.98 Å². The lowest BCUT2D eigenvalue weighted by atomic mass is 10.0. The molecule has 2 N–H and O–H groups in total. The van der Waals surface area contributed by atoms with Crippen LogP contribution in [0.4, 0.5) is 0 Å².